The smallest absolute Gasteiger partial charge is 0.338 e. The lowest BCUT2D eigenvalue weighted by Crippen LogP contribution is -2.11. The van der Waals surface area contributed by atoms with E-state index in [9.17, 15) is 4.79 Å². The van der Waals surface area contributed by atoms with Crippen LogP contribution in [0.15, 0.2) is 53.1 Å². The first-order valence-electron chi connectivity index (χ1n) is 7.56. The molecule has 0 aliphatic rings. The lowest BCUT2D eigenvalue weighted by atomic mass is 10.2. The van der Waals surface area contributed by atoms with Gasteiger partial charge in [0.15, 0.2) is 6.61 Å². The number of hydrogen-bond acceptors (Lipinski definition) is 6. The molecule has 2 aromatic carbocycles. The lowest BCUT2D eigenvalue weighted by Gasteiger charge is -2.12. The second-order valence-electron chi connectivity index (χ2n) is 5.54. The molecule has 0 fully saturated rings. The maximum Gasteiger partial charge on any atom is 0.338 e. The molecule has 25 heavy (non-hydrogen) atoms. The highest BCUT2D eigenvalue weighted by molar-refractivity contribution is 6.30. The first-order valence-corrected chi connectivity index (χ1v) is 7.94. The van der Waals surface area contributed by atoms with Crippen LogP contribution < -0.4 is 4.90 Å². The number of esters is 1. The first-order chi connectivity index (χ1) is 12.0. The predicted octanol–water partition coefficient (Wildman–Crippen LogP) is 3.81. The van der Waals surface area contributed by atoms with E-state index in [4.69, 9.17) is 20.9 Å². The van der Waals surface area contributed by atoms with Crippen molar-refractivity contribution in [2.24, 2.45) is 0 Å². The van der Waals surface area contributed by atoms with E-state index >= 15 is 0 Å². The quantitative estimate of drug-likeness (QED) is 0.647. The zero-order chi connectivity index (χ0) is 17.8. The van der Waals surface area contributed by atoms with Gasteiger partial charge in [-0.3, -0.25) is 0 Å². The van der Waals surface area contributed by atoms with Crippen molar-refractivity contribution in [2.45, 2.75) is 6.61 Å². The van der Waals surface area contributed by atoms with Crippen LogP contribution in [0.4, 0.5) is 5.69 Å². The molecule has 0 spiro atoms. The number of anilines is 1. The molecule has 0 bridgehead atoms. The molecule has 0 saturated heterocycles. The molecule has 0 atom stereocenters. The topological polar surface area (TPSA) is 68.5 Å². The number of carbonyl (C=O) groups is 1. The van der Waals surface area contributed by atoms with Crippen molar-refractivity contribution in [2.75, 3.05) is 19.0 Å². The minimum Gasteiger partial charge on any atom is -0.452 e. The summed E-state index contributed by atoms with van der Waals surface area (Å²) in [6.45, 7) is -0.0986. The fourth-order valence-electron chi connectivity index (χ4n) is 2.18. The van der Waals surface area contributed by atoms with E-state index in [-0.39, 0.29) is 12.5 Å². The van der Waals surface area contributed by atoms with Gasteiger partial charge >= 0.3 is 5.97 Å². The molecule has 1 heterocycles. The van der Waals surface area contributed by atoms with E-state index in [2.05, 4.69) is 10.1 Å². The molecule has 3 rings (SSSR count). The van der Waals surface area contributed by atoms with Crippen LogP contribution in [-0.2, 0) is 11.3 Å². The highest BCUT2D eigenvalue weighted by atomic mass is 35.5. The second-order valence-corrected chi connectivity index (χ2v) is 5.98. The zero-order valence-corrected chi connectivity index (χ0v) is 14.5. The Kier molecular flexibility index (Phi) is 5.00. The van der Waals surface area contributed by atoms with Gasteiger partial charge in [0.05, 0.1) is 5.56 Å². The highest BCUT2D eigenvalue weighted by Crippen LogP contribution is 2.20. The van der Waals surface area contributed by atoms with E-state index < -0.39 is 5.97 Å². The molecule has 0 saturated carbocycles. The maximum absolute atomic E-state index is 12.2. The van der Waals surface area contributed by atoms with Crippen LogP contribution in [0.2, 0.25) is 5.02 Å². The van der Waals surface area contributed by atoms with Crippen molar-refractivity contribution in [3.05, 3.63) is 65.0 Å². The van der Waals surface area contributed by atoms with E-state index in [1.807, 2.05) is 31.1 Å². The van der Waals surface area contributed by atoms with Crippen molar-refractivity contribution in [1.29, 1.82) is 0 Å². The van der Waals surface area contributed by atoms with Crippen LogP contribution in [0.25, 0.3) is 11.4 Å². The second kappa shape index (κ2) is 7.36. The number of ether oxygens (including phenoxy) is 1. The van der Waals surface area contributed by atoms with Crippen molar-refractivity contribution in [3.8, 4) is 11.4 Å². The summed E-state index contributed by atoms with van der Waals surface area (Å²) in [4.78, 5) is 18.3. The normalized spacial score (nSPS) is 10.5. The van der Waals surface area contributed by atoms with Crippen LogP contribution in [0.5, 0.6) is 0 Å². The van der Waals surface area contributed by atoms with Gasteiger partial charge in [-0.05, 0) is 30.3 Å². The Morgan fingerprint density at radius 2 is 2.00 bits per heavy atom. The van der Waals surface area contributed by atoms with Crippen molar-refractivity contribution in [1.82, 2.24) is 10.1 Å². The summed E-state index contributed by atoms with van der Waals surface area (Å²) in [5.41, 5.74) is 2.10. The molecular formula is C18H16ClN3O3. The van der Waals surface area contributed by atoms with Crippen LogP contribution in [0.1, 0.15) is 16.2 Å². The number of hydrogen-bond donors (Lipinski definition) is 0. The van der Waals surface area contributed by atoms with Crippen molar-refractivity contribution in [3.63, 3.8) is 0 Å². The number of carbonyl (C=O) groups excluding carboxylic acids is 1. The summed E-state index contributed by atoms with van der Waals surface area (Å²) in [6, 6.07) is 14.3. The molecule has 3 aromatic rings. The molecule has 0 aliphatic heterocycles. The minimum absolute atomic E-state index is 0.0986. The fraction of sp³-hybridized carbons (Fsp3) is 0.167. The molecule has 7 heteroatoms. The van der Waals surface area contributed by atoms with E-state index in [1.165, 1.54) is 0 Å². The van der Waals surface area contributed by atoms with Gasteiger partial charge in [0.2, 0.25) is 5.82 Å². The third-order valence-corrected chi connectivity index (χ3v) is 3.71. The average Bonchev–Trinajstić information content (AvgIpc) is 3.09. The number of halogens is 1. The van der Waals surface area contributed by atoms with Gasteiger partial charge in [0, 0.05) is 30.4 Å². The largest absolute Gasteiger partial charge is 0.452 e. The number of benzene rings is 2. The van der Waals surface area contributed by atoms with Gasteiger partial charge in [-0.1, -0.05) is 35.0 Å². The van der Waals surface area contributed by atoms with Crippen molar-refractivity contribution >= 4 is 23.3 Å². The Bertz CT molecular complexity index is 893. The van der Waals surface area contributed by atoms with Gasteiger partial charge in [-0.2, -0.15) is 4.98 Å². The first kappa shape index (κ1) is 17.0. The van der Waals surface area contributed by atoms with Crippen LogP contribution in [0, 0.1) is 0 Å². The summed E-state index contributed by atoms with van der Waals surface area (Å²) in [5.74, 6) is 0.154. The van der Waals surface area contributed by atoms with E-state index in [0.29, 0.717) is 16.4 Å². The molecule has 0 N–H and O–H groups in total. The standard InChI is InChI=1S/C18H16ClN3O3/c1-22(2)15-8-4-6-13(10-15)18(23)24-11-16-20-17(21-25-16)12-5-3-7-14(19)9-12/h3-10H,11H2,1-2H3. The maximum atomic E-state index is 12.2. The molecule has 0 aliphatic carbocycles. The third kappa shape index (κ3) is 4.16. The molecule has 0 amide bonds. The third-order valence-electron chi connectivity index (χ3n) is 3.48. The molecule has 6 nitrogen and oxygen atoms in total. The minimum atomic E-state index is -0.453. The summed E-state index contributed by atoms with van der Waals surface area (Å²) in [7, 11) is 3.81. The number of aromatic nitrogens is 2. The predicted molar refractivity (Wildman–Crippen MR) is 94.6 cm³/mol. The Hall–Kier alpha value is -2.86. The van der Waals surface area contributed by atoms with E-state index in [1.54, 1.807) is 36.4 Å². The average molecular weight is 358 g/mol. The van der Waals surface area contributed by atoms with Gasteiger partial charge in [0.1, 0.15) is 0 Å². The summed E-state index contributed by atoms with van der Waals surface area (Å²) in [5, 5.41) is 4.45. The van der Waals surface area contributed by atoms with Gasteiger partial charge in [-0.15, -0.1) is 0 Å². The SMILES string of the molecule is CN(C)c1cccc(C(=O)OCc2nc(-c3cccc(Cl)c3)no2)c1. The Balaban J connectivity index is 1.66. The van der Waals surface area contributed by atoms with Crippen LogP contribution in [-0.4, -0.2) is 30.2 Å². The van der Waals surface area contributed by atoms with Gasteiger partial charge in [0.25, 0.3) is 5.89 Å². The molecule has 1 aromatic heterocycles. The Labute approximate surface area is 150 Å². The lowest BCUT2D eigenvalue weighted by molar-refractivity contribution is 0.0430. The Morgan fingerprint density at radius 3 is 2.76 bits per heavy atom. The highest BCUT2D eigenvalue weighted by Gasteiger charge is 2.13. The zero-order valence-electron chi connectivity index (χ0n) is 13.8. The van der Waals surface area contributed by atoms with Crippen LogP contribution >= 0.6 is 11.6 Å². The summed E-state index contributed by atoms with van der Waals surface area (Å²) >= 11 is 5.95. The Morgan fingerprint density at radius 1 is 1.20 bits per heavy atom. The number of nitrogens with zero attached hydrogens (tertiary/aromatic N) is 3. The molecule has 128 valence electrons. The van der Waals surface area contributed by atoms with Crippen LogP contribution in [0.3, 0.4) is 0 Å². The molecular weight excluding hydrogens is 342 g/mol. The monoisotopic (exact) mass is 357 g/mol. The fourth-order valence-corrected chi connectivity index (χ4v) is 2.37. The summed E-state index contributed by atoms with van der Waals surface area (Å²) < 4.78 is 10.4. The van der Waals surface area contributed by atoms with Gasteiger partial charge < -0.3 is 14.2 Å². The van der Waals surface area contributed by atoms with Gasteiger partial charge in [-0.25, -0.2) is 4.79 Å². The summed E-state index contributed by atoms with van der Waals surface area (Å²) in [6.07, 6.45) is 0. The molecule has 0 unspecified atom stereocenters. The number of rotatable bonds is 5. The van der Waals surface area contributed by atoms with E-state index in [0.717, 1.165) is 11.3 Å². The molecule has 0 radical (unpaired) electrons. The van der Waals surface area contributed by atoms with Crippen molar-refractivity contribution < 1.29 is 14.1 Å².